The fraction of sp³-hybridized carbons (Fsp3) is 0.467. The highest BCUT2D eigenvalue weighted by Crippen LogP contribution is 1.98. The largest absolute Gasteiger partial charge is 0.354 e. The van der Waals surface area contributed by atoms with Crippen LogP contribution in [0.25, 0.3) is 0 Å². The van der Waals surface area contributed by atoms with Gasteiger partial charge in [-0.3, -0.25) is 9.59 Å². The maximum absolute atomic E-state index is 11.7. The van der Waals surface area contributed by atoms with Crippen molar-refractivity contribution in [1.29, 1.82) is 0 Å². The molecule has 0 aliphatic rings. The van der Waals surface area contributed by atoms with Crippen LogP contribution in [0, 0.1) is 0 Å². The summed E-state index contributed by atoms with van der Waals surface area (Å²) in [5, 5.41) is 2.84. The van der Waals surface area contributed by atoms with Crippen LogP contribution in [0.15, 0.2) is 30.3 Å². The average molecular weight is 262 g/mol. The third-order valence-electron chi connectivity index (χ3n) is 2.85. The van der Waals surface area contributed by atoms with E-state index in [2.05, 4.69) is 5.32 Å². The molecule has 1 rings (SSSR count). The maximum atomic E-state index is 11.7. The summed E-state index contributed by atoms with van der Waals surface area (Å²) in [6.45, 7) is 4.86. The van der Waals surface area contributed by atoms with Crippen LogP contribution in [0.2, 0.25) is 0 Å². The van der Waals surface area contributed by atoms with Crippen LogP contribution in [0.1, 0.15) is 25.8 Å². The van der Waals surface area contributed by atoms with Crippen LogP contribution in [0.4, 0.5) is 0 Å². The van der Waals surface area contributed by atoms with E-state index in [-0.39, 0.29) is 18.4 Å². The number of hydrogen-bond donors (Lipinski definition) is 1. The zero-order valence-electron chi connectivity index (χ0n) is 11.7. The Morgan fingerprint density at radius 1 is 1.21 bits per heavy atom. The highest BCUT2D eigenvalue weighted by molar-refractivity contribution is 5.83. The highest BCUT2D eigenvalue weighted by Gasteiger charge is 2.11. The third kappa shape index (κ3) is 6.04. The van der Waals surface area contributed by atoms with Gasteiger partial charge in [0.2, 0.25) is 11.8 Å². The van der Waals surface area contributed by atoms with Crippen LogP contribution >= 0.6 is 0 Å². The summed E-state index contributed by atoms with van der Waals surface area (Å²) in [6, 6.07) is 10.00. The minimum absolute atomic E-state index is 0.0555. The molecule has 4 nitrogen and oxygen atoms in total. The fourth-order valence-electron chi connectivity index (χ4n) is 1.84. The molecule has 0 spiro atoms. The Bertz CT molecular complexity index is 404. The molecule has 1 aromatic rings. The molecule has 0 saturated carbocycles. The Morgan fingerprint density at radius 3 is 2.47 bits per heavy atom. The van der Waals surface area contributed by atoms with Gasteiger partial charge in [0, 0.05) is 20.0 Å². The quantitative estimate of drug-likeness (QED) is 0.811. The molecule has 19 heavy (non-hydrogen) atoms. The molecule has 0 heterocycles. The molecule has 2 amide bonds. The first-order valence-corrected chi connectivity index (χ1v) is 6.69. The molecule has 0 fully saturated rings. The van der Waals surface area contributed by atoms with Gasteiger partial charge in [-0.15, -0.1) is 0 Å². The normalized spacial score (nSPS) is 10.0. The Balaban J connectivity index is 2.29. The lowest BCUT2D eigenvalue weighted by molar-refractivity contribution is -0.134. The number of carbonyl (C=O) groups is 2. The number of nitrogens with one attached hydrogen (secondary N) is 1. The SMILES string of the molecule is CCCN(CC(=O)NCCc1ccccc1)C(C)=O. The summed E-state index contributed by atoms with van der Waals surface area (Å²) >= 11 is 0. The van der Waals surface area contributed by atoms with E-state index in [1.54, 1.807) is 4.90 Å². The second kappa shape index (κ2) is 8.29. The number of hydrogen-bond acceptors (Lipinski definition) is 2. The molecule has 4 heteroatoms. The van der Waals surface area contributed by atoms with Gasteiger partial charge < -0.3 is 10.2 Å². The molecule has 0 bridgehead atoms. The summed E-state index contributed by atoms with van der Waals surface area (Å²) in [5.41, 5.74) is 1.19. The van der Waals surface area contributed by atoms with Crippen molar-refractivity contribution in [3.05, 3.63) is 35.9 Å². The van der Waals surface area contributed by atoms with E-state index in [0.29, 0.717) is 13.1 Å². The molecule has 1 aromatic carbocycles. The van der Waals surface area contributed by atoms with E-state index in [1.807, 2.05) is 37.3 Å². The van der Waals surface area contributed by atoms with Gasteiger partial charge in [-0.1, -0.05) is 37.3 Å². The first-order chi connectivity index (χ1) is 9.13. The molecular formula is C15H22N2O2. The number of amides is 2. The lowest BCUT2D eigenvalue weighted by Gasteiger charge is -2.19. The van der Waals surface area contributed by atoms with E-state index in [4.69, 9.17) is 0 Å². The van der Waals surface area contributed by atoms with Gasteiger partial charge in [-0.25, -0.2) is 0 Å². The second-order valence-corrected chi connectivity index (χ2v) is 4.53. The summed E-state index contributed by atoms with van der Waals surface area (Å²) in [4.78, 5) is 24.6. The summed E-state index contributed by atoms with van der Waals surface area (Å²) < 4.78 is 0. The monoisotopic (exact) mass is 262 g/mol. The van der Waals surface area contributed by atoms with Gasteiger partial charge in [-0.05, 0) is 18.4 Å². The first-order valence-electron chi connectivity index (χ1n) is 6.69. The van der Waals surface area contributed by atoms with Crippen molar-refractivity contribution in [1.82, 2.24) is 10.2 Å². The maximum Gasteiger partial charge on any atom is 0.239 e. The number of nitrogens with zero attached hydrogens (tertiary/aromatic N) is 1. The van der Waals surface area contributed by atoms with E-state index in [9.17, 15) is 9.59 Å². The Labute approximate surface area is 114 Å². The lowest BCUT2D eigenvalue weighted by atomic mass is 10.1. The molecule has 0 aliphatic carbocycles. The number of carbonyl (C=O) groups excluding carboxylic acids is 2. The van der Waals surface area contributed by atoms with Gasteiger partial charge in [0.15, 0.2) is 0 Å². The fourth-order valence-corrected chi connectivity index (χ4v) is 1.84. The second-order valence-electron chi connectivity index (χ2n) is 4.53. The van der Waals surface area contributed by atoms with Gasteiger partial charge in [0.25, 0.3) is 0 Å². The summed E-state index contributed by atoms with van der Waals surface area (Å²) in [7, 11) is 0. The molecule has 0 saturated heterocycles. The summed E-state index contributed by atoms with van der Waals surface area (Å²) in [5.74, 6) is -0.153. The standard InChI is InChI=1S/C15H22N2O2/c1-3-11-17(13(2)18)12-15(19)16-10-9-14-7-5-4-6-8-14/h4-8H,3,9-12H2,1-2H3,(H,16,19). The van der Waals surface area contributed by atoms with E-state index in [0.717, 1.165) is 12.8 Å². The van der Waals surface area contributed by atoms with Crippen molar-refractivity contribution in [3.8, 4) is 0 Å². The predicted molar refractivity (Wildman–Crippen MR) is 75.7 cm³/mol. The van der Waals surface area contributed by atoms with Crippen molar-refractivity contribution in [3.63, 3.8) is 0 Å². The van der Waals surface area contributed by atoms with Crippen LogP contribution in [-0.2, 0) is 16.0 Å². The van der Waals surface area contributed by atoms with E-state index >= 15 is 0 Å². The van der Waals surface area contributed by atoms with E-state index in [1.165, 1.54) is 12.5 Å². The molecule has 1 N–H and O–H groups in total. The minimum atomic E-state index is -0.0976. The molecule has 0 aromatic heterocycles. The van der Waals surface area contributed by atoms with E-state index < -0.39 is 0 Å². The molecule has 0 aliphatic heterocycles. The van der Waals surface area contributed by atoms with Crippen LogP contribution in [0.3, 0.4) is 0 Å². The lowest BCUT2D eigenvalue weighted by Crippen LogP contribution is -2.40. The zero-order chi connectivity index (χ0) is 14.1. The average Bonchev–Trinajstić information content (AvgIpc) is 2.39. The van der Waals surface area contributed by atoms with Crippen molar-refractivity contribution >= 4 is 11.8 Å². The van der Waals surface area contributed by atoms with Gasteiger partial charge >= 0.3 is 0 Å². The number of benzene rings is 1. The molecule has 0 atom stereocenters. The topological polar surface area (TPSA) is 49.4 Å². The van der Waals surface area contributed by atoms with Crippen LogP contribution < -0.4 is 5.32 Å². The Kier molecular flexibility index (Phi) is 6.64. The minimum Gasteiger partial charge on any atom is -0.354 e. The first kappa shape index (κ1) is 15.2. The highest BCUT2D eigenvalue weighted by atomic mass is 16.2. The third-order valence-corrected chi connectivity index (χ3v) is 2.85. The molecule has 104 valence electrons. The van der Waals surface area contributed by atoms with Crippen molar-refractivity contribution < 1.29 is 9.59 Å². The summed E-state index contributed by atoms with van der Waals surface area (Å²) in [6.07, 6.45) is 1.66. The van der Waals surface area contributed by atoms with Crippen molar-refractivity contribution in [2.24, 2.45) is 0 Å². The smallest absolute Gasteiger partial charge is 0.239 e. The number of rotatable bonds is 7. The Hall–Kier alpha value is -1.84. The van der Waals surface area contributed by atoms with Gasteiger partial charge in [-0.2, -0.15) is 0 Å². The molecule has 0 radical (unpaired) electrons. The Morgan fingerprint density at radius 2 is 1.89 bits per heavy atom. The zero-order valence-corrected chi connectivity index (χ0v) is 11.7. The predicted octanol–water partition coefficient (Wildman–Crippen LogP) is 1.60. The molecule has 0 unspecified atom stereocenters. The van der Waals surface area contributed by atoms with Crippen molar-refractivity contribution in [2.75, 3.05) is 19.6 Å². The van der Waals surface area contributed by atoms with Crippen LogP contribution in [-0.4, -0.2) is 36.3 Å². The van der Waals surface area contributed by atoms with Crippen LogP contribution in [0.5, 0.6) is 0 Å². The van der Waals surface area contributed by atoms with Gasteiger partial charge in [0.05, 0.1) is 6.54 Å². The van der Waals surface area contributed by atoms with Gasteiger partial charge in [0.1, 0.15) is 0 Å². The molecular weight excluding hydrogens is 240 g/mol. The van der Waals surface area contributed by atoms with Crippen molar-refractivity contribution in [2.45, 2.75) is 26.7 Å².